The number of aromatic nitrogens is 1. The number of oxime groups is 1. The van der Waals surface area contributed by atoms with Crippen LogP contribution < -0.4 is 5.01 Å². The second-order valence-corrected chi connectivity index (χ2v) is 8.14. The highest BCUT2D eigenvalue weighted by atomic mass is 35.5. The van der Waals surface area contributed by atoms with Crippen molar-refractivity contribution >= 4 is 38.9 Å². The monoisotopic (exact) mass is 428 g/mol. The fraction of sp³-hybridized carbons (Fsp3) is 0.500. The van der Waals surface area contributed by atoms with Gasteiger partial charge in [-0.05, 0) is 6.07 Å². The number of ketones is 1. The standard InChI is InChI=1S/C14H16ClF3N4O4S/c1-8(23)12-5-10(26-20-12)7-22(27(3,24)25)21(2)13-11(15)4-9(6-19-13)14(16,17)18/h4,6,10H,5,7H2,1-3H3/t10-/m0/s1. The van der Waals surface area contributed by atoms with Crippen molar-refractivity contribution in [2.24, 2.45) is 5.16 Å². The van der Waals surface area contributed by atoms with Crippen molar-refractivity contribution < 1.29 is 31.2 Å². The summed E-state index contributed by atoms with van der Waals surface area (Å²) in [6, 6.07) is 0.657. The molecule has 27 heavy (non-hydrogen) atoms. The van der Waals surface area contributed by atoms with Crippen molar-refractivity contribution in [3.63, 3.8) is 0 Å². The molecule has 0 saturated heterocycles. The third kappa shape index (κ3) is 5.08. The lowest BCUT2D eigenvalue weighted by Gasteiger charge is -2.32. The highest BCUT2D eigenvalue weighted by molar-refractivity contribution is 7.88. The zero-order valence-electron chi connectivity index (χ0n) is 14.5. The van der Waals surface area contributed by atoms with Gasteiger partial charge in [-0.15, -0.1) is 4.41 Å². The van der Waals surface area contributed by atoms with Gasteiger partial charge in [0.05, 0.1) is 23.4 Å². The van der Waals surface area contributed by atoms with Gasteiger partial charge in [-0.25, -0.2) is 13.4 Å². The number of hydrazine groups is 1. The van der Waals surface area contributed by atoms with E-state index in [1.54, 1.807) is 0 Å². The van der Waals surface area contributed by atoms with Crippen LogP contribution in [0.4, 0.5) is 19.0 Å². The van der Waals surface area contributed by atoms with E-state index in [0.717, 1.165) is 15.7 Å². The molecule has 2 rings (SSSR count). The number of sulfonamides is 1. The second-order valence-electron chi connectivity index (χ2n) is 5.84. The van der Waals surface area contributed by atoms with Crippen molar-refractivity contribution in [1.82, 2.24) is 9.40 Å². The van der Waals surface area contributed by atoms with Gasteiger partial charge in [0.25, 0.3) is 0 Å². The summed E-state index contributed by atoms with van der Waals surface area (Å²) in [7, 11) is -2.59. The van der Waals surface area contributed by atoms with E-state index in [9.17, 15) is 26.4 Å². The van der Waals surface area contributed by atoms with Crippen LogP contribution >= 0.6 is 11.6 Å². The average molecular weight is 429 g/mol. The predicted octanol–water partition coefficient (Wildman–Crippen LogP) is 2.10. The lowest BCUT2D eigenvalue weighted by molar-refractivity contribution is -0.137. The molecule has 1 atom stereocenters. The topological polar surface area (TPSA) is 92.2 Å². The van der Waals surface area contributed by atoms with E-state index in [-0.39, 0.29) is 35.3 Å². The molecule has 0 saturated carbocycles. The zero-order chi connectivity index (χ0) is 20.6. The number of alkyl halides is 3. The van der Waals surface area contributed by atoms with Crippen LogP contribution in [-0.4, -0.2) is 55.3 Å². The van der Waals surface area contributed by atoms with Crippen LogP contribution in [0.1, 0.15) is 18.9 Å². The highest BCUT2D eigenvalue weighted by Crippen LogP contribution is 2.34. The van der Waals surface area contributed by atoms with E-state index in [2.05, 4.69) is 10.1 Å². The number of anilines is 1. The molecule has 8 nitrogen and oxygen atoms in total. The maximum Gasteiger partial charge on any atom is 0.417 e. The van der Waals surface area contributed by atoms with Crippen LogP contribution in [0.25, 0.3) is 0 Å². The van der Waals surface area contributed by atoms with E-state index >= 15 is 0 Å². The summed E-state index contributed by atoms with van der Waals surface area (Å²) in [5, 5.41) is 4.23. The Morgan fingerprint density at radius 2 is 2.07 bits per heavy atom. The number of Topliss-reactive ketones (excluding diaryl/α,β-unsaturated/α-hetero) is 1. The van der Waals surface area contributed by atoms with Gasteiger partial charge < -0.3 is 4.84 Å². The maximum atomic E-state index is 12.7. The molecule has 1 aromatic heterocycles. The number of pyridine rings is 1. The first-order chi connectivity index (χ1) is 12.3. The summed E-state index contributed by atoms with van der Waals surface area (Å²) in [6.07, 6.45) is -3.81. The SMILES string of the molecule is CC(=O)C1=NO[C@H](CN(N(C)c2ncc(C(F)(F)F)cc2Cl)S(C)(=O)=O)C1. The Balaban J connectivity index is 2.26. The number of hydrogen-bond acceptors (Lipinski definition) is 7. The van der Waals surface area contributed by atoms with Crippen molar-refractivity contribution in [3.8, 4) is 0 Å². The Labute approximate surface area is 158 Å². The van der Waals surface area contributed by atoms with E-state index < -0.39 is 27.9 Å². The van der Waals surface area contributed by atoms with Crippen LogP contribution in [0.5, 0.6) is 0 Å². The van der Waals surface area contributed by atoms with Crippen LogP contribution in [0.2, 0.25) is 5.02 Å². The largest absolute Gasteiger partial charge is 0.417 e. The summed E-state index contributed by atoms with van der Waals surface area (Å²) in [4.78, 5) is 20.0. The molecule has 1 aromatic rings. The van der Waals surface area contributed by atoms with E-state index in [1.807, 2.05) is 0 Å². The zero-order valence-corrected chi connectivity index (χ0v) is 16.1. The Morgan fingerprint density at radius 1 is 1.44 bits per heavy atom. The summed E-state index contributed by atoms with van der Waals surface area (Å²) < 4.78 is 63.4. The van der Waals surface area contributed by atoms with E-state index in [1.165, 1.54) is 14.0 Å². The van der Waals surface area contributed by atoms with Crippen LogP contribution in [0, 0.1) is 0 Å². The van der Waals surface area contributed by atoms with Crippen LogP contribution in [0.3, 0.4) is 0 Å². The predicted molar refractivity (Wildman–Crippen MR) is 91.8 cm³/mol. The summed E-state index contributed by atoms with van der Waals surface area (Å²) in [5.41, 5.74) is -0.893. The Hall–Kier alpha value is -1.92. The molecule has 1 aliphatic rings. The smallest absolute Gasteiger partial charge is 0.390 e. The average Bonchev–Trinajstić information content (AvgIpc) is 2.99. The van der Waals surface area contributed by atoms with Crippen molar-refractivity contribution in [3.05, 3.63) is 22.8 Å². The molecule has 0 bridgehead atoms. The molecule has 0 N–H and O–H groups in total. The Bertz CT molecular complexity index is 876. The minimum absolute atomic E-state index is 0.101. The highest BCUT2D eigenvalue weighted by Gasteiger charge is 2.35. The van der Waals surface area contributed by atoms with Gasteiger partial charge >= 0.3 is 6.18 Å². The molecule has 0 spiro atoms. The minimum Gasteiger partial charge on any atom is -0.390 e. The first-order valence-electron chi connectivity index (χ1n) is 7.48. The van der Waals surface area contributed by atoms with Gasteiger partial charge in [0.1, 0.15) is 11.8 Å². The molecule has 0 aliphatic carbocycles. The number of halogens is 4. The second kappa shape index (κ2) is 7.60. The van der Waals surface area contributed by atoms with Crippen LogP contribution in [-0.2, 0) is 25.8 Å². The summed E-state index contributed by atoms with van der Waals surface area (Å²) in [6.45, 7) is 1.06. The molecular formula is C14H16ClF3N4O4S. The molecule has 2 heterocycles. The fourth-order valence-corrected chi connectivity index (χ4v) is 3.57. The normalized spacial score (nSPS) is 17.6. The molecule has 150 valence electrons. The number of hydrogen-bond donors (Lipinski definition) is 0. The lowest BCUT2D eigenvalue weighted by atomic mass is 10.1. The van der Waals surface area contributed by atoms with Gasteiger partial charge in [0.2, 0.25) is 10.0 Å². The number of nitrogens with zero attached hydrogens (tertiary/aromatic N) is 4. The van der Waals surface area contributed by atoms with E-state index in [4.69, 9.17) is 16.4 Å². The minimum atomic E-state index is -4.64. The van der Waals surface area contributed by atoms with E-state index in [0.29, 0.717) is 12.3 Å². The molecule has 0 radical (unpaired) electrons. The van der Waals surface area contributed by atoms with Crippen molar-refractivity contribution in [2.45, 2.75) is 25.6 Å². The third-order valence-electron chi connectivity index (χ3n) is 3.67. The third-order valence-corrected chi connectivity index (χ3v) is 5.11. The molecule has 13 heteroatoms. The van der Waals surface area contributed by atoms with Gasteiger partial charge in [-0.1, -0.05) is 16.8 Å². The van der Waals surface area contributed by atoms with Gasteiger partial charge in [-0.3, -0.25) is 9.80 Å². The van der Waals surface area contributed by atoms with Gasteiger partial charge in [0.15, 0.2) is 11.6 Å². The molecule has 1 aliphatic heterocycles. The van der Waals surface area contributed by atoms with Gasteiger partial charge in [0, 0.05) is 26.6 Å². The molecule has 0 aromatic carbocycles. The Morgan fingerprint density at radius 3 is 2.52 bits per heavy atom. The molecule has 0 fully saturated rings. The first kappa shape index (κ1) is 21.4. The first-order valence-corrected chi connectivity index (χ1v) is 9.71. The number of carbonyl (C=O) groups is 1. The van der Waals surface area contributed by atoms with Crippen molar-refractivity contribution in [2.75, 3.05) is 24.9 Å². The maximum absolute atomic E-state index is 12.7. The lowest BCUT2D eigenvalue weighted by Crippen LogP contribution is -2.48. The molecular weight excluding hydrogens is 413 g/mol. The van der Waals surface area contributed by atoms with Crippen molar-refractivity contribution in [1.29, 1.82) is 0 Å². The summed E-state index contributed by atoms with van der Waals surface area (Å²) in [5.74, 6) is -0.495. The Kier molecular flexibility index (Phi) is 6.02. The van der Waals surface area contributed by atoms with Crippen LogP contribution in [0.15, 0.2) is 17.4 Å². The number of carbonyl (C=O) groups excluding carboxylic acids is 1. The fourth-order valence-electron chi connectivity index (χ4n) is 2.32. The number of rotatable bonds is 6. The quantitative estimate of drug-likeness (QED) is 0.644. The van der Waals surface area contributed by atoms with Gasteiger partial charge in [-0.2, -0.15) is 13.2 Å². The summed E-state index contributed by atoms with van der Waals surface area (Å²) >= 11 is 5.88. The molecule has 0 amide bonds. The molecule has 0 unspecified atom stereocenters.